The number of benzene rings is 1. The molecule has 3 rings (SSSR count). The maximum Gasteiger partial charge on any atom is 0.230 e. The van der Waals surface area contributed by atoms with Gasteiger partial charge in [-0.15, -0.1) is 10.2 Å². The summed E-state index contributed by atoms with van der Waals surface area (Å²) in [6.07, 6.45) is 2.35. The van der Waals surface area contributed by atoms with Gasteiger partial charge in [0.2, 0.25) is 5.91 Å². The molecule has 1 fully saturated rings. The van der Waals surface area contributed by atoms with Gasteiger partial charge in [0.1, 0.15) is 5.82 Å². The average Bonchev–Trinajstić information content (AvgIpc) is 3.29. The summed E-state index contributed by atoms with van der Waals surface area (Å²) >= 11 is 13.5. The molecular formula is C16H18Cl2N4OS. The molecule has 0 radical (unpaired) electrons. The smallest absolute Gasteiger partial charge is 0.230 e. The molecule has 1 saturated carbocycles. The van der Waals surface area contributed by atoms with E-state index < -0.39 is 0 Å². The van der Waals surface area contributed by atoms with Crippen LogP contribution in [0.3, 0.4) is 0 Å². The van der Waals surface area contributed by atoms with E-state index in [0.29, 0.717) is 16.0 Å². The number of carbonyl (C=O) groups excluding carboxylic acids is 1. The first kappa shape index (κ1) is 17.6. The Balaban J connectivity index is 1.55. The van der Waals surface area contributed by atoms with Crippen LogP contribution in [0.5, 0.6) is 0 Å². The van der Waals surface area contributed by atoms with E-state index in [4.69, 9.17) is 23.2 Å². The fourth-order valence-electron chi connectivity index (χ4n) is 2.49. The molecule has 1 heterocycles. The molecule has 8 heteroatoms. The zero-order valence-electron chi connectivity index (χ0n) is 13.4. The van der Waals surface area contributed by atoms with E-state index in [1.807, 2.05) is 24.6 Å². The highest BCUT2D eigenvalue weighted by Gasteiger charge is 2.29. The van der Waals surface area contributed by atoms with Crippen molar-refractivity contribution in [3.05, 3.63) is 39.6 Å². The fraction of sp³-hybridized carbons (Fsp3) is 0.438. The SMILES string of the molecule is C[C@H](NC(=O)CSc1nnc(C2CC2)n1C)c1ccc(Cl)cc1Cl. The van der Waals surface area contributed by atoms with E-state index in [1.54, 1.807) is 12.1 Å². The van der Waals surface area contributed by atoms with Gasteiger partial charge in [-0.05, 0) is 37.5 Å². The van der Waals surface area contributed by atoms with E-state index in [0.717, 1.165) is 16.5 Å². The topological polar surface area (TPSA) is 59.8 Å². The number of hydrogen-bond acceptors (Lipinski definition) is 4. The zero-order chi connectivity index (χ0) is 17.3. The Labute approximate surface area is 155 Å². The molecule has 0 saturated heterocycles. The maximum atomic E-state index is 12.2. The van der Waals surface area contributed by atoms with Crippen LogP contribution >= 0.6 is 35.0 Å². The van der Waals surface area contributed by atoms with E-state index in [2.05, 4.69) is 15.5 Å². The lowest BCUT2D eigenvalue weighted by molar-refractivity contribution is -0.119. The van der Waals surface area contributed by atoms with Crippen LogP contribution in [-0.2, 0) is 11.8 Å². The highest BCUT2D eigenvalue weighted by molar-refractivity contribution is 7.99. The Bertz CT molecular complexity index is 761. The van der Waals surface area contributed by atoms with Crippen molar-refractivity contribution in [3.8, 4) is 0 Å². The molecule has 1 N–H and O–H groups in total. The predicted octanol–water partition coefficient (Wildman–Crippen LogP) is 3.97. The van der Waals surface area contributed by atoms with Crippen LogP contribution in [0.4, 0.5) is 0 Å². The third kappa shape index (κ3) is 4.05. The Morgan fingerprint density at radius 1 is 1.42 bits per heavy atom. The second kappa shape index (κ2) is 7.33. The zero-order valence-corrected chi connectivity index (χ0v) is 15.8. The second-order valence-electron chi connectivity index (χ2n) is 5.92. The first-order valence-corrected chi connectivity index (χ1v) is 9.46. The highest BCUT2D eigenvalue weighted by atomic mass is 35.5. The van der Waals surface area contributed by atoms with Crippen molar-refractivity contribution in [1.29, 1.82) is 0 Å². The molecule has 1 atom stereocenters. The average molecular weight is 385 g/mol. The Hall–Kier alpha value is -1.24. The van der Waals surface area contributed by atoms with Gasteiger partial charge in [-0.3, -0.25) is 4.79 Å². The van der Waals surface area contributed by atoms with E-state index in [-0.39, 0.29) is 17.7 Å². The summed E-state index contributed by atoms with van der Waals surface area (Å²) in [5.41, 5.74) is 0.842. The quantitative estimate of drug-likeness (QED) is 0.765. The summed E-state index contributed by atoms with van der Waals surface area (Å²) in [5, 5.41) is 13.2. The molecule has 1 aromatic carbocycles. The first-order chi connectivity index (χ1) is 11.5. The van der Waals surface area contributed by atoms with Crippen LogP contribution in [0.2, 0.25) is 10.0 Å². The monoisotopic (exact) mass is 384 g/mol. The van der Waals surface area contributed by atoms with Gasteiger partial charge in [-0.2, -0.15) is 0 Å². The number of hydrogen-bond donors (Lipinski definition) is 1. The first-order valence-electron chi connectivity index (χ1n) is 7.72. The van der Waals surface area contributed by atoms with Crippen LogP contribution in [0, 0.1) is 0 Å². The van der Waals surface area contributed by atoms with Crippen molar-refractivity contribution in [2.45, 2.75) is 36.9 Å². The summed E-state index contributed by atoms with van der Waals surface area (Å²) in [6.45, 7) is 1.89. The molecule has 0 bridgehead atoms. The molecular weight excluding hydrogens is 367 g/mol. The van der Waals surface area contributed by atoms with E-state index in [9.17, 15) is 4.79 Å². The predicted molar refractivity (Wildman–Crippen MR) is 96.7 cm³/mol. The minimum atomic E-state index is -0.190. The highest BCUT2D eigenvalue weighted by Crippen LogP contribution is 2.39. The molecule has 0 aliphatic heterocycles. The molecule has 1 aliphatic carbocycles. The van der Waals surface area contributed by atoms with Gasteiger partial charge in [0.05, 0.1) is 11.8 Å². The van der Waals surface area contributed by atoms with Crippen molar-refractivity contribution < 1.29 is 4.79 Å². The lowest BCUT2D eigenvalue weighted by atomic mass is 10.1. The molecule has 24 heavy (non-hydrogen) atoms. The third-order valence-electron chi connectivity index (χ3n) is 3.95. The van der Waals surface area contributed by atoms with Crippen molar-refractivity contribution >= 4 is 40.9 Å². The van der Waals surface area contributed by atoms with Crippen molar-refractivity contribution in [1.82, 2.24) is 20.1 Å². The molecule has 128 valence electrons. The van der Waals surface area contributed by atoms with Crippen LogP contribution in [0.15, 0.2) is 23.4 Å². The minimum Gasteiger partial charge on any atom is -0.349 e. The number of carbonyl (C=O) groups is 1. The standard InChI is InChI=1S/C16H18Cl2N4OS/c1-9(12-6-5-11(17)7-13(12)18)19-14(23)8-24-16-21-20-15(22(16)2)10-3-4-10/h5-7,9-10H,3-4,8H2,1-2H3,(H,19,23)/t9-/m0/s1. The number of thioether (sulfide) groups is 1. The number of halogens is 2. The number of aromatic nitrogens is 3. The third-order valence-corrected chi connectivity index (χ3v) is 5.53. The van der Waals surface area contributed by atoms with Crippen LogP contribution in [0.1, 0.15) is 43.1 Å². The molecule has 1 aromatic heterocycles. The Morgan fingerprint density at radius 3 is 2.83 bits per heavy atom. The number of nitrogens with zero attached hydrogens (tertiary/aromatic N) is 3. The van der Waals surface area contributed by atoms with Gasteiger partial charge in [-0.25, -0.2) is 0 Å². The van der Waals surface area contributed by atoms with E-state index >= 15 is 0 Å². The summed E-state index contributed by atoms with van der Waals surface area (Å²) in [4.78, 5) is 12.2. The van der Waals surface area contributed by atoms with Gasteiger partial charge in [0.25, 0.3) is 0 Å². The molecule has 0 unspecified atom stereocenters. The Kier molecular flexibility index (Phi) is 5.37. The van der Waals surface area contributed by atoms with Crippen molar-refractivity contribution in [2.24, 2.45) is 7.05 Å². The molecule has 0 spiro atoms. The fourth-order valence-corrected chi connectivity index (χ4v) is 3.79. The largest absolute Gasteiger partial charge is 0.349 e. The molecule has 2 aromatic rings. The molecule has 1 aliphatic rings. The number of nitrogens with one attached hydrogen (secondary N) is 1. The van der Waals surface area contributed by atoms with Gasteiger partial charge < -0.3 is 9.88 Å². The van der Waals surface area contributed by atoms with Gasteiger partial charge in [0.15, 0.2) is 5.16 Å². The summed E-state index contributed by atoms with van der Waals surface area (Å²) < 4.78 is 1.98. The van der Waals surface area contributed by atoms with Gasteiger partial charge in [-0.1, -0.05) is 41.0 Å². The number of amides is 1. The lowest BCUT2D eigenvalue weighted by Gasteiger charge is -2.15. The second-order valence-corrected chi connectivity index (χ2v) is 7.70. The van der Waals surface area contributed by atoms with Crippen LogP contribution in [0.25, 0.3) is 0 Å². The van der Waals surface area contributed by atoms with Gasteiger partial charge in [0, 0.05) is 23.0 Å². The van der Waals surface area contributed by atoms with E-state index in [1.165, 1.54) is 24.6 Å². The Morgan fingerprint density at radius 2 is 2.17 bits per heavy atom. The molecule has 1 amide bonds. The minimum absolute atomic E-state index is 0.0745. The van der Waals surface area contributed by atoms with Crippen LogP contribution in [-0.4, -0.2) is 26.4 Å². The van der Waals surface area contributed by atoms with Crippen LogP contribution < -0.4 is 5.32 Å². The summed E-state index contributed by atoms with van der Waals surface area (Å²) in [6, 6.07) is 5.07. The van der Waals surface area contributed by atoms with Crippen molar-refractivity contribution in [3.63, 3.8) is 0 Å². The van der Waals surface area contributed by atoms with Crippen molar-refractivity contribution in [2.75, 3.05) is 5.75 Å². The summed E-state index contributed by atoms with van der Waals surface area (Å²) in [5.74, 6) is 1.76. The maximum absolute atomic E-state index is 12.2. The summed E-state index contributed by atoms with van der Waals surface area (Å²) in [7, 11) is 1.95. The normalized spacial score (nSPS) is 15.3. The molecule has 5 nitrogen and oxygen atoms in total. The van der Waals surface area contributed by atoms with Gasteiger partial charge >= 0.3 is 0 Å². The lowest BCUT2D eigenvalue weighted by Crippen LogP contribution is -2.28. The number of rotatable bonds is 6.